The Morgan fingerprint density at radius 2 is 2.25 bits per heavy atom. The standard InChI is InChI=1S/C11H18N4O/c1-9(12)10-6-13-8-15(10)7-11(16)14-4-2-3-5-14/h6,8-9H,2-5,7,12H2,1H3. The van der Waals surface area contributed by atoms with E-state index in [-0.39, 0.29) is 11.9 Å². The lowest BCUT2D eigenvalue weighted by Crippen LogP contribution is -2.31. The number of nitrogens with two attached hydrogens (primary N) is 1. The van der Waals surface area contributed by atoms with Crippen LogP contribution in [-0.2, 0) is 11.3 Å². The van der Waals surface area contributed by atoms with Gasteiger partial charge in [-0.3, -0.25) is 4.79 Å². The zero-order chi connectivity index (χ0) is 11.5. The molecule has 0 saturated carbocycles. The Kier molecular flexibility index (Phi) is 3.24. The second-order valence-electron chi connectivity index (χ2n) is 4.32. The molecule has 1 amide bonds. The van der Waals surface area contributed by atoms with Gasteiger partial charge in [0, 0.05) is 25.3 Å². The minimum Gasteiger partial charge on any atom is -0.341 e. The number of aromatic nitrogens is 2. The highest BCUT2D eigenvalue weighted by Crippen LogP contribution is 2.11. The molecule has 1 unspecified atom stereocenters. The predicted octanol–water partition coefficient (Wildman–Crippen LogP) is 0.525. The van der Waals surface area contributed by atoms with E-state index < -0.39 is 0 Å². The van der Waals surface area contributed by atoms with Crippen molar-refractivity contribution in [2.45, 2.75) is 32.4 Å². The van der Waals surface area contributed by atoms with Crippen molar-refractivity contribution in [3.05, 3.63) is 18.2 Å². The van der Waals surface area contributed by atoms with Crippen molar-refractivity contribution < 1.29 is 4.79 Å². The van der Waals surface area contributed by atoms with E-state index in [9.17, 15) is 4.79 Å². The Balaban J connectivity index is 2.02. The van der Waals surface area contributed by atoms with Crippen LogP contribution < -0.4 is 5.73 Å². The van der Waals surface area contributed by atoms with E-state index in [1.54, 1.807) is 12.5 Å². The summed E-state index contributed by atoms with van der Waals surface area (Å²) in [5, 5.41) is 0. The minimum absolute atomic E-state index is 0.0890. The topological polar surface area (TPSA) is 64.1 Å². The normalized spacial score (nSPS) is 17.8. The van der Waals surface area contributed by atoms with Crippen molar-refractivity contribution in [2.75, 3.05) is 13.1 Å². The van der Waals surface area contributed by atoms with Crippen LogP contribution in [0, 0.1) is 0 Å². The highest BCUT2D eigenvalue weighted by atomic mass is 16.2. The lowest BCUT2D eigenvalue weighted by atomic mass is 10.3. The largest absolute Gasteiger partial charge is 0.341 e. The maximum Gasteiger partial charge on any atom is 0.242 e. The summed E-state index contributed by atoms with van der Waals surface area (Å²) in [6.07, 6.45) is 5.64. The van der Waals surface area contributed by atoms with Gasteiger partial charge in [-0.1, -0.05) is 0 Å². The summed E-state index contributed by atoms with van der Waals surface area (Å²) in [5.74, 6) is 0.164. The molecule has 1 saturated heterocycles. The fourth-order valence-electron chi connectivity index (χ4n) is 2.05. The molecule has 1 aliphatic rings. The Morgan fingerprint density at radius 3 is 2.88 bits per heavy atom. The number of rotatable bonds is 3. The number of hydrogen-bond donors (Lipinski definition) is 1. The SMILES string of the molecule is CC(N)c1cncn1CC(=O)N1CCCC1. The lowest BCUT2D eigenvalue weighted by Gasteiger charge is -2.17. The molecule has 16 heavy (non-hydrogen) atoms. The molecule has 1 aliphatic heterocycles. The summed E-state index contributed by atoms with van der Waals surface area (Å²) in [7, 11) is 0. The molecule has 0 aromatic carbocycles. The van der Waals surface area contributed by atoms with Crippen LogP contribution in [0.25, 0.3) is 0 Å². The maximum absolute atomic E-state index is 11.9. The zero-order valence-electron chi connectivity index (χ0n) is 9.59. The van der Waals surface area contributed by atoms with E-state index in [0.717, 1.165) is 31.6 Å². The quantitative estimate of drug-likeness (QED) is 0.811. The lowest BCUT2D eigenvalue weighted by molar-refractivity contribution is -0.130. The highest BCUT2D eigenvalue weighted by Gasteiger charge is 2.19. The average Bonchev–Trinajstić information content (AvgIpc) is 2.86. The molecular formula is C11H18N4O. The fraction of sp³-hybridized carbons (Fsp3) is 0.636. The van der Waals surface area contributed by atoms with E-state index in [1.807, 2.05) is 16.4 Å². The van der Waals surface area contributed by atoms with Gasteiger partial charge in [0.25, 0.3) is 0 Å². The van der Waals surface area contributed by atoms with Gasteiger partial charge in [-0.15, -0.1) is 0 Å². The van der Waals surface area contributed by atoms with Crippen molar-refractivity contribution >= 4 is 5.91 Å². The third kappa shape index (κ3) is 2.24. The Morgan fingerprint density at radius 1 is 1.56 bits per heavy atom. The van der Waals surface area contributed by atoms with Crippen LogP contribution in [0.3, 0.4) is 0 Å². The van der Waals surface area contributed by atoms with Crippen LogP contribution in [-0.4, -0.2) is 33.4 Å². The molecule has 1 atom stereocenters. The number of hydrogen-bond acceptors (Lipinski definition) is 3. The van der Waals surface area contributed by atoms with Crippen molar-refractivity contribution in [2.24, 2.45) is 5.73 Å². The third-order valence-electron chi connectivity index (χ3n) is 2.98. The molecular weight excluding hydrogens is 204 g/mol. The second-order valence-corrected chi connectivity index (χ2v) is 4.32. The first-order chi connectivity index (χ1) is 7.68. The fourth-order valence-corrected chi connectivity index (χ4v) is 2.05. The monoisotopic (exact) mass is 222 g/mol. The molecule has 2 N–H and O–H groups in total. The van der Waals surface area contributed by atoms with E-state index in [0.29, 0.717) is 6.54 Å². The summed E-state index contributed by atoms with van der Waals surface area (Å²) >= 11 is 0. The third-order valence-corrected chi connectivity index (χ3v) is 2.98. The Labute approximate surface area is 95.2 Å². The average molecular weight is 222 g/mol. The molecule has 0 spiro atoms. The first-order valence-electron chi connectivity index (χ1n) is 5.72. The smallest absolute Gasteiger partial charge is 0.242 e. The first-order valence-corrected chi connectivity index (χ1v) is 5.72. The van der Waals surface area contributed by atoms with Gasteiger partial charge in [0.2, 0.25) is 5.91 Å². The van der Waals surface area contributed by atoms with Gasteiger partial charge in [0.05, 0.1) is 12.0 Å². The summed E-state index contributed by atoms with van der Waals surface area (Å²) in [6, 6.07) is -0.0890. The number of amides is 1. The molecule has 1 aromatic heterocycles. The molecule has 0 bridgehead atoms. The van der Waals surface area contributed by atoms with Gasteiger partial charge in [-0.05, 0) is 19.8 Å². The van der Waals surface area contributed by atoms with Crippen molar-refractivity contribution in [3.63, 3.8) is 0 Å². The Hall–Kier alpha value is -1.36. The van der Waals surface area contributed by atoms with Crippen LogP contribution in [0.1, 0.15) is 31.5 Å². The van der Waals surface area contributed by atoms with Crippen LogP contribution in [0.2, 0.25) is 0 Å². The predicted molar refractivity (Wildman–Crippen MR) is 60.6 cm³/mol. The Bertz CT molecular complexity index is 366. The zero-order valence-corrected chi connectivity index (χ0v) is 9.59. The number of nitrogens with zero attached hydrogens (tertiary/aromatic N) is 3. The van der Waals surface area contributed by atoms with Gasteiger partial charge in [0.1, 0.15) is 6.54 Å². The summed E-state index contributed by atoms with van der Waals surface area (Å²) < 4.78 is 1.84. The number of imidazole rings is 1. The van der Waals surface area contributed by atoms with Gasteiger partial charge in [-0.2, -0.15) is 0 Å². The first kappa shape index (κ1) is 11.1. The van der Waals surface area contributed by atoms with Crippen LogP contribution in [0.5, 0.6) is 0 Å². The summed E-state index contributed by atoms with van der Waals surface area (Å²) in [6.45, 7) is 4.03. The molecule has 0 radical (unpaired) electrons. The van der Waals surface area contributed by atoms with E-state index in [2.05, 4.69) is 4.98 Å². The van der Waals surface area contributed by atoms with Crippen molar-refractivity contribution in [1.29, 1.82) is 0 Å². The number of likely N-dealkylation sites (tertiary alicyclic amines) is 1. The molecule has 2 heterocycles. The molecule has 5 nitrogen and oxygen atoms in total. The van der Waals surface area contributed by atoms with Crippen LogP contribution >= 0.6 is 0 Å². The van der Waals surface area contributed by atoms with Crippen LogP contribution in [0.4, 0.5) is 0 Å². The minimum atomic E-state index is -0.0890. The molecule has 1 aromatic rings. The second kappa shape index (κ2) is 4.65. The molecule has 5 heteroatoms. The van der Waals surface area contributed by atoms with Gasteiger partial charge < -0.3 is 15.2 Å². The number of carbonyl (C=O) groups excluding carboxylic acids is 1. The summed E-state index contributed by atoms with van der Waals surface area (Å²) in [5.41, 5.74) is 6.71. The van der Waals surface area contributed by atoms with Crippen LogP contribution in [0.15, 0.2) is 12.5 Å². The molecule has 1 fully saturated rings. The molecule has 88 valence electrons. The highest BCUT2D eigenvalue weighted by molar-refractivity contribution is 5.76. The molecule has 2 rings (SSSR count). The summed E-state index contributed by atoms with van der Waals surface area (Å²) in [4.78, 5) is 17.9. The van der Waals surface area contributed by atoms with Gasteiger partial charge in [0.15, 0.2) is 0 Å². The van der Waals surface area contributed by atoms with E-state index in [1.165, 1.54) is 0 Å². The van der Waals surface area contributed by atoms with Gasteiger partial charge in [-0.25, -0.2) is 4.98 Å². The maximum atomic E-state index is 11.9. The number of carbonyl (C=O) groups is 1. The van der Waals surface area contributed by atoms with Gasteiger partial charge >= 0.3 is 0 Å². The van der Waals surface area contributed by atoms with E-state index >= 15 is 0 Å². The van der Waals surface area contributed by atoms with Crippen molar-refractivity contribution in [1.82, 2.24) is 14.5 Å². The molecule has 0 aliphatic carbocycles. The van der Waals surface area contributed by atoms with Crippen molar-refractivity contribution in [3.8, 4) is 0 Å². The van der Waals surface area contributed by atoms with E-state index in [4.69, 9.17) is 5.73 Å².